The van der Waals surface area contributed by atoms with Crippen LogP contribution in [-0.2, 0) is 20.8 Å². The number of halogens is 1. The first-order chi connectivity index (χ1) is 18.3. The molecule has 38 heavy (non-hydrogen) atoms. The molecule has 0 saturated heterocycles. The van der Waals surface area contributed by atoms with E-state index in [4.69, 9.17) is 16.7 Å². The van der Waals surface area contributed by atoms with Crippen molar-refractivity contribution in [3.63, 3.8) is 0 Å². The van der Waals surface area contributed by atoms with Gasteiger partial charge in [-0.15, -0.1) is 5.10 Å². The number of amides is 3. The zero-order valence-electron chi connectivity index (χ0n) is 19.4. The number of carbonyl (C=O) groups is 4. The van der Waals surface area contributed by atoms with Crippen LogP contribution in [0.1, 0.15) is 15.9 Å². The maximum atomic E-state index is 13.1. The number of carboxylic acids is 1. The molecule has 2 aromatic heterocycles. The molecule has 0 fully saturated rings. The molecule has 0 saturated carbocycles. The number of hydrogen-bond donors (Lipinski definition) is 4. The van der Waals surface area contributed by atoms with Gasteiger partial charge in [0.15, 0.2) is 0 Å². The van der Waals surface area contributed by atoms with Crippen LogP contribution in [0, 0.1) is 0 Å². The van der Waals surface area contributed by atoms with Gasteiger partial charge in [-0.1, -0.05) is 17.7 Å². The average Bonchev–Trinajstić information content (AvgIpc) is 3.44. The van der Waals surface area contributed by atoms with Gasteiger partial charge in [-0.05, 0) is 64.5 Å². The molecule has 4 N–H and O–H groups in total. The summed E-state index contributed by atoms with van der Waals surface area (Å²) >= 11 is 6.06. The predicted octanol–water partition coefficient (Wildman–Crippen LogP) is 1.71. The lowest BCUT2D eigenvalue weighted by Crippen LogP contribution is -2.49. The SMILES string of the molecule is O=C(Nc1cc(Cl)ccc1-n1cnnn1)C(=O)NC(Cc1cccnc1)C(=O)Nc1ccc(C(=O)O)cc1. The van der Waals surface area contributed by atoms with Crippen molar-refractivity contribution < 1.29 is 24.3 Å². The summed E-state index contributed by atoms with van der Waals surface area (Å²) in [5.74, 6) is -3.89. The van der Waals surface area contributed by atoms with E-state index in [1.165, 1.54) is 47.5 Å². The molecule has 0 aliphatic heterocycles. The molecule has 4 aromatic rings. The Labute approximate surface area is 219 Å². The van der Waals surface area contributed by atoms with Gasteiger partial charge < -0.3 is 21.1 Å². The quantitative estimate of drug-likeness (QED) is 0.244. The minimum atomic E-state index is -1.17. The van der Waals surface area contributed by atoms with E-state index in [9.17, 15) is 19.2 Å². The van der Waals surface area contributed by atoms with E-state index in [2.05, 4.69) is 36.5 Å². The number of carbonyl (C=O) groups excluding carboxylic acids is 3. The molecular formula is C24H19ClN8O5. The Hall–Kier alpha value is -5.17. The standard InChI is InChI=1S/C24H19ClN8O5/c25-16-5-8-20(33-13-27-31-32-33)18(11-16)29-22(35)23(36)30-19(10-14-2-1-9-26-12-14)21(34)28-17-6-3-15(4-7-17)24(37)38/h1-9,11-13,19H,10H2,(H,28,34)(H,29,35)(H,30,36)(H,37,38). The van der Waals surface area contributed by atoms with Crippen LogP contribution >= 0.6 is 11.6 Å². The van der Waals surface area contributed by atoms with Crippen LogP contribution in [0.5, 0.6) is 0 Å². The van der Waals surface area contributed by atoms with Gasteiger partial charge >= 0.3 is 17.8 Å². The lowest BCUT2D eigenvalue weighted by Gasteiger charge is -2.19. The van der Waals surface area contributed by atoms with Gasteiger partial charge in [-0.2, -0.15) is 4.68 Å². The number of benzene rings is 2. The third-order valence-electron chi connectivity index (χ3n) is 5.19. The summed E-state index contributed by atoms with van der Waals surface area (Å²) in [6.45, 7) is 0. The summed E-state index contributed by atoms with van der Waals surface area (Å²) in [4.78, 5) is 53.8. The Morgan fingerprint density at radius 1 is 1.00 bits per heavy atom. The van der Waals surface area contributed by atoms with Gasteiger partial charge in [-0.25, -0.2) is 4.79 Å². The third-order valence-corrected chi connectivity index (χ3v) is 5.43. The van der Waals surface area contributed by atoms with Crippen molar-refractivity contribution in [2.75, 3.05) is 10.6 Å². The second-order valence-electron chi connectivity index (χ2n) is 7.83. The second kappa shape index (κ2) is 11.7. The molecule has 0 aliphatic carbocycles. The molecule has 0 bridgehead atoms. The summed E-state index contributed by atoms with van der Waals surface area (Å²) < 4.78 is 1.28. The normalized spacial score (nSPS) is 11.3. The van der Waals surface area contributed by atoms with E-state index in [0.29, 0.717) is 22.0 Å². The summed E-state index contributed by atoms with van der Waals surface area (Å²) in [6.07, 6.45) is 4.41. The lowest BCUT2D eigenvalue weighted by atomic mass is 10.1. The number of nitrogens with zero attached hydrogens (tertiary/aromatic N) is 5. The number of anilines is 2. The van der Waals surface area contributed by atoms with Gasteiger partial charge in [0.1, 0.15) is 12.4 Å². The van der Waals surface area contributed by atoms with Crippen LogP contribution in [0.3, 0.4) is 0 Å². The fraction of sp³-hybridized carbons (Fsp3) is 0.0833. The molecule has 1 atom stereocenters. The van der Waals surface area contributed by atoms with Crippen molar-refractivity contribution in [2.45, 2.75) is 12.5 Å². The highest BCUT2D eigenvalue weighted by Crippen LogP contribution is 2.23. The smallest absolute Gasteiger partial charge is 0.335 e. The molecule has 3 amide bonds. The van der Waals surface area contributed by atoms with E-state index in [1.807, 2.05) is 0 Å². The summed E-state index contributed by atoms with van der Waals surface area (Å²) in [5.41, 5.74) is 1.50. The van der Waals surface area contributed by atoms with Gasteiger partial charge in [0.05, 0.1) is 16.9 Å². The minimum Gasteiger partial charge on any atom is -0.478 e. The van der Waals surface area contributed by atoms with Gasteiger partial charge in [0.2, 0.25) is 5.91 Å². The number of hydrogen-bond acceptors (Lipinski definition) is 8. The number of aromatic carboxylic acids is 1. The summed E-state index contributed by atoms with van der Waals surface area (Å²) in [7, 11) is 0. The van der Waals surface area contributed by atoms with Gasteiger partial charge in [-0.3, -0.25) is 19.4 Å². The molecule has 0 aliphatic rings. The van der Waals surface area contributed by atoms with Crippen LogP contribution in [-0.4, -0.2) is 60.0 Å². The molecule has 0 radical (unpaired) electrons. The molecule has 192 valence electrons. The van der Waals surface area contributed by atoms with Gasteiger partial charge in [0, 0.05) is 29.5 Å². The zero-order chi connectivity index (χ0) is 27.1. The van der Waals surface area contributed by atoms with E-state index >= 15 is 0 Å². The number of carboxylic acid groups (broad SMARTS) is 1. The number of tetrazole rings is 1. The van der Waals surface area contributed by atoms with Crippen molar-refractivity contribution in [1.82, 2.24) is 30.5 Å². The molecule has 13 nitrogen and oxygen atoms in total. The number of pyridine rings is 1. The maximum absolute atomic E-state index is 13.1. The highest BCUT2D eigenvalue weighted by molar-refractivity contribution is 6.40. The van der Waals surface area contributed by atoms with Crippen molar-refractivity contribution >= 4 is 46.7 Å². The van der Waals surface area contributed by atoms with Crippen LogP contribution < -0.4 is 16.0 Å². The molecule has 2 heterocycles. The predicted molar refractivity (Wildman–Crippen MR) is 135 cm³/mol. The fourth-order valence-electron chi connectivity index (χ4n) is 3.37. The zero-order valence-corrected chi connectivity index (χ0v) is 20.2. The Morgan fingerprint density at radius 3 is 2.45 bits per heavy atom. The highest BCUT2D eigenvalue weighted by Gasteiger charge is 2.26. The largest absolute Gasteiger partial charge is 0.478 e. The van der Waals surface area contributed by atoms with Crippen LogP contribution in [0.25, 0.3) is 5.69 Å². The number of nitrogens with one attached hydrogen (secondary N) is 3. The Balaban J connectivity index is 1.50. The van der Waals surface area contributed by atoms with Crippen molar-refractivity contribution in [3.05, 3.63) is 89.5 Å². The van der Waals surface area contributed by atoms with E-state index in [1.54, 1.807) is 30.5 Å². The molecule has 1 unspecified atom stereocenters. The van der Waals surface area contributed by atoms with Crippen molar-refractivity contribution in [2.24, 2.45) is 0 Å². The Morgan fingerprint density at radius 2 is 1.79 bits per heavy atom. The Kier molecular flexibility index (Phi) is 7.98. The molecule has 2 aromatic carbocycles. The first-order valence-electron chi connectivity index (χ1n) is 11.0. The third kappa shape index (κ3) is 6.53. The summed E-state index contributed by atoms with van der Waals surface area (Å²) in [5, 5.41) is 27.7. The number of rotatable bonds is 8. The average molecular weight is 535 g/mol. The topological polar surface area (TPSA) is 181 Å². The second-order valence-corrected chi connectivity index (χ2v) is 8.27. The van der Waals surface area contributed by atoms with E-state index < -0.39 is 29.7 Å². The Bertz CT molecular complexity index is 1460. The fourth-order valence-corrected chi connectivity index (χ4v) is 3.54. The monoisotopic (exact) mass is 534 g/mol. The minimum absolute atomic E-state index is 0.0267. The first-order valence-corrected chi connectivity index (χ1v) is 11.4. The molecule has 4 rings (SSSR count). The van der Waals surface area contributed by atoms with Crippen molar-refractivity contribution in [1.29, 1.82) is 0 Å². The van der Waals surface area contributed by atoms with Crippen LogP contribution in [0.4, 0.5) is 11.4 Å². The molecule has 14 heteroatoms. The summed E-state index contributed by atoms with van der Waals surface area (Å²) in [6, 6.07) is 12.2. The first kappa shape index (κ1) is 25.9. The van der Waals surface area contributed by atoms with Gasteiger partial charge in [0.25, 0.3) is 0 Å². The molecule has 0 spiro atoms. The highest BCUT2D eigenvalue weighted by atomic mass is 35.5. The number of aromatic nitrogens is 5. The van der Waals surface area contributed by atoms with Crippen LogP contribution in [0.15, 0.2) is 73.3 Å². The lowest BCUT2D eigenvalue weighted by molar-refractivity contribution is -0.137. The molecular weight excluding hydrogens is 516 g/mol. The van der Waals surface area contributed by atoms with E-state index in [-0.39, 0.29) is 17.7 Å². The van der Waals surface area contributed by atoms with Crippen LogP contribution in [0.2, 0.25) is 5.02 Å². The van der Waals surface area contributed by atoms with Crippen molar-refractivity contribution in [3.8, 4) is 5.69 Å². The maximum Gasteiger partial charge on any atom is 0.335 e. The van der Waals surface area contributed by atoms with E-state index in [0.717, 1.165) is 0 Å².